The van der Waals surface area contributed by atoms with E-state index in [4.69, 9.17) is 9.47 Å². The number of hydrogen-bond acceptors (Lipinski definition) is 4. The van der Waals surface area contributed by atoms with Crippen molar-refractivity contribution in [1.29, 1.82) is 0 Å². The summed E-state index contributed by atoms with van der Waals surface area (Å²) in [4.78, 5) is 14.9. The summed E-state index contributed by atoms with van der Waals surface area (Å²) in [6.45, 7) is 3.24. The predicted molar refractivity (Wildman–Crippen MR) is 117 cm³/mol. The van der Waals surface area contributed by atoms with Crippen molar-refractivity contribution >= 4 is 5.91 Å². The van der Waals surface area contributed by atoms with Crippen molar-refractivity contribution in [2.75, 3.05) is 33.3 Å². The number of piperidine rings is 1. The minimum absolute atomic E-state index is 0.188. The molecule has 5 fully saturated rings. The molecular weight excluding hydrogens is 376 g/mol. The molecule has 4 aliphatic carbocycles. The zero-order chi connectivity index (χ0) is 20.6. The Bertz CT molecular complexity index is 721. The SMILES string of the molecule is COc1ccccc1OC1CCN(CC(=O)NCC23CC4CC(CC(C4)C2)C3)CC1. The van der Waals surface area contributed by atoms with E-state index in [2.05, 4.69) is 10.2 Å². The van der Waals surface area contributed by atoms with Gasteiger partial charge in [-0.3, -0.25) is 9.69 Å². The van der Waals surface area contributed by atoms with Gasteiger partial charge in [-0.05, 0) is 86.7 Å². The monoisotopic (exact) mass is 412 g/mol. The molecule has 0 atom stereocenters. The lowest BCUT2D eigenvalue weighted by Crippen LogP contribution is -2.52. The van der Waals surface area contributed by atoms with E-state index in [9.17, 15) is 4.79 Å². The first-order valence-corrected chi connectivity index (χ1v) is 11.9. The zero-order valence-electron chi connectivity index (χ0n) is 18.3. The topological polar surface area (TPSA) is 50.8 Å². The lowest BCUT2D eigenvalue weighted by Gasteiger charge is -2.57. The molecule has 0 radical (unpaired) electrons. The van der Waals surface area contributed by atoms with Crippen LogP contribution in [0.5, 0.6) is 11.5 Å². The summed E-state index contributed by atoms with van der Waals surface area (Å²) >= 11 is 0. The van der Waals surface area contributed by atoms with Crippen LogP contribution in [0.3, 0.4) is 0 Å². The molecule has 1 aromatic rings. The first kappa shape index (κ1) is 20.2. The van der Waals surface area contributed by atoms with E-state index in [-0.39, 0.29) is 12.0 Å². The van der Waals surface area contributed by atoms with Gasteiger partial charge in [0.2, 0.25) is 5.91 Å². The maximum atomic E-state index is 12.7. The van der Waals surface area contributed by atoms with Crippen molar-refractivity contribution in [3.05, 3.63) is 24.3 Å². The van der Waals surface area contributed by atoms with Gasteiger partial charge in [0.05, 0.1) is 13.7 Å². The standard InChI is InChI=1S/C25H36N2O3/c1-29-22-4-2-3-5-23(22)30-21-6-8-27(9-7-21)16-24(28)26-17-25-13-18-10-19(14-25)12-20(11-18)15-25/h2-5,18-21H,6-17H2,1H3,(H,26,28). The number of nitrogens with zero attached hydrogens (tertiary/aromatic N) is 1. The van der Waals surface area contributed by atoms with Gasteiger partial charge < -0.3 is 14.8 Å². The van der Waals surface area contributed by atoms with Crippen LogP contribution < -0.4 is 14.8 Å². The number of likely N-dealkylation sites (tertiary alicyclic amines) is 1. The number of ether oxygens (including phenoxy) is 2. The van der Waals surface area contributed by atoms with Gasteiger partial charge >= 0.3 is 0 Å². The molecule has 4 saturated carbocycles. The Kier molecular flexibility index (Phi) is 5.65. The summed E-state index contributed by atoms with van der Waals surface area (Å²) < 4.78 is 11.6. The summed E-state index contributed by atoms with van der Waals surface area (Å²) in [7, 11) is 1.67. The van der Waals surface area contributed by atoms with Crippen molar-refractivity contribution in [1.82, 2.24) is 10.2 Å². The number of para-hydroxylation sites is 2. The number of hydrogen-bond donors (Lipinski definition) is 1. The fraction of sp³-hybridized carbons (Fsp3) is 0.720. The summed E-state index contributed by atoms with van der Waals surface area (Å²) in [5, 5.41) is 3.32. The molecule has 1 aliphatic heterocycles. The van der Waals surface area contributed by atoms with Gasteiger partial charge in [-0.25, -0.2) is 0 Å². The predicted octanol–water partition coefficient (Wildman–Crippen LogP) is 3.87. The highest BCUT2D eigenvalue weighted by Crippen LogP contribution is 2.59. The first-order valence-electron chi connectivity index (χ1n) is 11.9. The second-order valence-corrected chi connectivity index (χ2v) is 10.4. The van der Waals surface area contributed by atoms with Crippen molar-refractivity contribution in [2.45, 2.75) is 57.5 Å². The molecule has 0 spiro atoms. The lowest BCUT2D eigenvalue weighted by molar-refractivity contribution is -0.124. The van der Waals surface area contributed by atoms with Crippen molar-refractivity contribution in [3.8, 4) is 11.5 Å². The zero-order valence-corrected chi connectivity index (χ0v) is 18.3. The number of amides is 1. The Hall–Kier alpha value is -1.75. The highest BCUT2D eigenvalue weighted by Gasteiger charge is 2.50. The van der Waals surface area contributed by atoms with Crippen LogP contribution in [0, 0.1) is 23.2 Å². The van der Waals surface area contributed by atoms with E-state index in [1.165, 1.54) is 38.5 Å². The van der Waals surface area contributed by atoms with Gasteiger partial charge in [0.15, 0.2) is 11.5 Å². The van der Waals surface area contributed by atoms with Gasteiger partial charge in [-0.1, -0.05) is 12.1 Å². The van der Waals surface area contributed by atoms with Crippen molar-refractivity contribution in [2.24, 2.45) is 23.2 Å². The van der Waals surface area contributed by atoms with Gasteiger partial charge in [0.1, 0.15) is 6.10 Å². The minimum Gasteiger partial charge on any atom is -0.493 e. The quantitative estimate of drug-likeness (QED) is 0.739. The van der Waals surface area contributed by atoms with Crippen LogP contribution >= 0.6 is 0 Å². The summed E-state index contributed by atoms with van der Waals surface area (Å²) in [5.41, 5.74) is 0.417. The van der Waals surface area contributed by atoms with E-state index in [1.807, 2.05) is 24.3 Å². The third kappa shape index (κ3) is 4.32. The van der Waals surface area contributed by atoms with E-state index in [1.54, 1.807) is 7.11 Å². The molecule has 164 valence electrons. The molecule has 6 rings (SSSR count). The molecule has 1 aromatic carbocycles. The third-order valence-electron chi connectivity index (χ3n) is 8.09. The van der Waals surface area contributed by atoms with E-state index in [0.717, 1.165) is 61.7 Å². The van der Waals surface area contributed by atoms with Gasteiger partial charge in [0.25, 0.3) is 0 Å². The lowest BCUT2D eigenvalue weighted by atomic mass is 9.49. The van der Waals surface area contributed by atoms with Crippen molar-refractivity contribution in [3.63, 3.8) is 0 Å². The highest BCUT2D eigenvalue weighted by atomic mass is 16.5. The Balaban J connectivity index is 1.06. The maximum Gasteiger partial charge on any atom is 0.234 e. The van der Waals surface area contributed by atoms with E-state index >= 15 is 0 Å². The Morgan fingerprint density at radius 1 is 1.03 bits per heavy atom. The molecule has 1 N–H and O–H groups in total. The smallest absolute Gasteiger partial charge is 0.234 e. The van der Waals surface area contributed by atoms with Crippen LogP contribution in [-0.2, 0) is 4.79 Å². The molecule has 5 heteroatoms. The molecule has 5 nitrogen and oxygen atoms in total. The maximum absolute atomic E-state index is 12.7. The fourth-order valence-electron chi connectivity index (χ4n) is 7.13. The number of carbonyl (C=O) groups excluding carboxylic acids is 1. The van der Waals surface area contributed by atoms with Crippen molar-refractivity contribution < 1.29 is 14.3 Å². The number of rotatable bonds is 7. The molecule has 1 saturated heterocycles. The fourth-order valence-corrected chi connectivity index (χ4v) is 7.13. The van der Waals surface area contributed by atoms with Crippen LogP contribution in [-0.4, -0.2) is 50.2 Å². The second-order valence-electron chi connectivity index (χ2n) is 10.4. The number of methoxy groups -OCH3 is 1. The normalized spacial score (nSPS) is 33.4. The van der Waals surface area contributed by atoms with Crippen LogP contribution in [0.15, 0.2) is 24.3 Å². The molecule has 1 amide bonds. The Morgan fingerprint density at radius 3 is 2.23 bits per heavy atom. The third-order valence-corrected chi connectivity index (χ3v) is 8.09. The largest absolute Gasteiger partial charge is 0.493 e. The molecule has 0 aromatic heterocycles. The number of nitrogens with one attached hydrogen (secondary N) is 1. The number of carbonyl (C=O) groups is 1. The number of benzene rings is 1. The van der Waals surface area contributed by atoms with Gasteiger partial charge in [0, 0.05) is 19.6 Å². The Labute approximate surface area is 180 Å². The van der Waals surface area contributed by atoms with Gasteiger partial charge in [-0.15, -0.1) is 0 Å². The molecule has 30 heavy (non-hydrogen) atoms. The molecule has 1 heterocycles. The molecule has 4 bridgehead atoms. The van der Waals surface area contributed by atoms with Crippen LogP contribution in [0.4, 0.5) is 0 Å². The molecule has 0 unspecified atom stereocenters. The first-order chi connectivity index (χ1) is 14.6. The summed E-state index contributed by atoms with van der Waals surface area (Å²) in [6, 6.07) is 7.82. The van der Waals surface area contributed by atoms with E-state index in [0.29, 0.717) is 12.0 Å². The van der Waals surface area contributed by atoms with Crippen LogP contribution in [0.1, 0.15) is 51.4 Å². The second kappa shape index (κ2) is 8.41. The van der Waals surface area contributed by atoms with Gasteiger partial charge in [-0.2, -0.15) is 0 Å². The average Bonchev–Trinajstić information content (AvgIpc) is 2.73. The minimum atomic E-state index is 0.188. The van der Waals surface area contributed by atoms with Crippen LogP contribution in [0.25, 0.3) is 0 Å². The Morgan fingerprint density at radius 2 is 1.63 bits per heavy atom. The average molecular weight is 413 g/mol. The molecular formula is C25H36N2O3. The van der Waals surface area contributed by atoms with Crippen LogP contribution in [0.2, 0.25) is 0 Å². The summed E-state index contributed by atoms with van der Waals surface area (Å²) in [6.07, 6.45) is 10.5. The summed E-state index contributed by atoms with van der Waals surface area (Å²) in [5.74, 6) is 4.62. The van der Waals surface area contributed by atoms with E-state index < -0.39 is 0 Å². The highest BCUT2D eigenvalue weighted by molar-refractivity contribution is 5.78. The molecule has 5 aliphatic rings.